The Bertz CT molecular complexity index is 643. The number of hydrogen-bond acceptors (Lipinski definition) is 2. The van der Waals surface area contributed by atoms with Crippen LogP contribution >= 0.6 is 0 Å². The molecule has 2 N–H and O–H groups in total. The van der Waals surface area contributed by atoms with Crippen LogP contribution in [0.5, 0.6) is 0 Å². The third-order valence-corrected chi connectivity index (χ3v) is 11.2. The van der Waals surface area contributed by atoms with Crippen molar-refractivity contribution in [1.29, 1.82) is 0 Å². The highest BCUT2D eigenvalue weighted by atomic mass is 16.3. The van der Waals surface area contributed by atoms with Gasteiger partial charge in [-0.3, -0.25) is 0 Å². The summed E-state index contributed by atoms with van der Waals surface area (Å²) in [5.41, 5.74) is 2.03. The SMILES string of the molecule is C=C(C)CC[C@@H](C)C1CC[C@H]2C3[C@H](O)[C@H](CC)C4C[C@H](O)CCC4(C)[C@H]3CCC12C. The molecule has 0 aromatic heterocycles. The number of aliphatic hydroxyl groups excluding tert-OH is 2. The lowest BCUT2D eigenvalue weighted by atomic mass is 9.41. The van der Waals surface area contributed by atoms with Gasteiger partial charge in [-0.25, -0.2) is 0 Å². The van der Waals surface area contributed by atoms with Crippen molar-refractivity contribution in [3.05, 3.63) is 12.2 Å². The molecular formula is C28H48O2. The van der Waals surface area contributed by atoms with Crippen LogP contribution in [0.4, 0.5) is 0 Å². The first-order valence-electron chi connectivity index (χ1n) is 13.1. The van der Waals surface area contributed by atoms with Crippen LogP contribution in [0.2, 0.25) is 0 Å². The molecule has 172 valence electrons. The van der Waals surface area contributed by atoms with E-state index in [1.165, 1.54) is 37.7 Å². The van der Waals surface area contributed by atoms with Crippen molar-refractivity contribution in [1.82, 2.24) is 0 Å². The number of hydrogen-bond donors (Lipinski definition) is 2. The minimum atomic E-state index is -0.169. The van der Waals surface area contributed by atoms with E-state index >= 15 is 0 Å². The van der Waals surface area contributed by atoms with E-state index in [0.717, 1.165) is 43.9 Å². The second kappa shape index (κ2) is 8.22. The minimum absolute atomic E-state index is 0.153. The topological polar surface area (TPSA) is 40.5 Å². The van der Waals surface area contributed by atoms with Gasteiger partial charge in [0.1, 0.15) is 0 Å². The van der Waals surface area contributed by atoms with E-state index in [1.54, 1.807) is 0 Å². The highest BCUT2D eigenvalue weighted by molar-refractivity contribution is 5.13. The zero-order chi connectivity index (χ0) is 21.8. The van der Waals surface area contributed by atoms with E-state index in [-0.39, 0.29) is 12.2 Å². The summed E-state index contributed by atoms with van der Waals surface area (Å²) in [5.74, 6) is 4.23. The molecule has 4 saturated carbocycles. The molecule has 5 unspecified atom stereocenters. The molecule has 4 fully saturated rings. The van der Waals surface area contributed by atoms with Crippen LogP contribution in [0.1, 0.15) is 98.8 Å². The average molecular weight is 417 g/mol. The third-order valence-electron chi connectivity index (χ3n) is 11.2. The van der Waals surface area contributed by atoms with Gasteiger partial charge in [-0.05, 0) is 117 Å². The first-order valence-corrected chi connectivity index (χ1v) is 13.1. The highest BCUT2D eigenvalue weighted by Gasteiger charge is 2.64. The first-order chi connectivity index (χ1) is 14.1. The lowest BCUT2D eigenvalue weighted by Crippen LogP contribution is -2.62. The molecule has 0 aromatic rings. The zero-order valence-corrected chi connectivity index (χ0v) is 20.4. The molecular weight excluding hydrogens is 368 g/mol. The van der Waals surface area contributed by atoms with Gasteiger partial charge < -0.3 is 10.2 Å². The molecule has 2 heteroatoms. The van der Waals surface area contributed by atoms with Gasteiger partial charge in [0.05, 0.1) is 12.2 Å². The van der Waals surface area contributed by atoms with Gasteiger partial charge in [-0.15, -0.1) is 6.58 Å². The average Bonchev–Trinajstić information content (AvgIpc) is 3.05. The van der Waals surface area contributed by atoms with Gasteiger partial charge in [0, 0.05) is 0 Å². The van der Waals surface area contributed by atoms with Crippen LogP contribution in [-0.4, -0.2) is 22.4 Å². The van der Waals surface area contributed by atoms with Crippen molar-refractivity contribution in [2.45, 2.75) is 111 Å². The molecule has 11 atom stereocenters. The van der Waals surface area contributed by atoms with Gasteiger partial charge in [0.15, 0.2) is 0 Å². The van der Waals surface area contributed by atoms with Gasteiger partial charge >= 0.3 is 0 Å². The summed E-state index contributed by atoms with van der Waals surface area (Å²) < 4.78 is 0. The van der Waals surface area contributed by atoms with E-state index in [4.69, 9.17) is 0 Å². The minimum Gasteiger partial charge on any atom is -0.393 e. The maximum Gasteiger partial charge on any atom is 0.0605 e. The normalized spacial score (nSPS) is 51.6. The van der Waals surface area contributed by atoms with Gasteiger partial charge in [0.25, 0.3) is 0 Å². The highest BCUT2D eigenvalue weighted by Crippen LogP contribution is 2.69. The smallest absolute Gasteiger partial charge is 0.0605 e. The van der Waals surface area contributed by atoms with Crippen molar-refractivity contribution in [2.24, 2.45) is 52.3 Å². The van der Waals surface area contributed by atoms with Crippen LogP contribution in [0.15, 0.2) is 12.2 Å². The van der Waals surface area contributed by atoms with Crippen molar-refractivity contribution in [3.63, 3.8) is 0 Å². The van der Waals surface area contributed by atoms with Gasteiger partial charge in [-0.2, -0.15) is 0 Å². The lowest BCUT2D eigenvalue weighted by molar-refractivity contribution is -0.203. The fraction of sp³-hybridized carbons (Fsp3) is 0.929. The zero-order valence-electron chi connectivity index (χ0n) is 20.4. The van der Waals surface area contributed by atoms with Crippen LogP contribution in [0, 0.1) is 52.3 Å². The van der Waals surface area contributed by atoms with Crippen LogP contribution in [0.25, 0.3) is 0 Å². The Balaban J connectivity index is 1.61. The second-order valence-corrected chi connectivity index (χ2v) is 12.6. The number of aliphatic hydroxyl groups is 2. The monoisotopic (exact) mass is 416 g/mol. The summed E-state index contributed by atoms with van der Waals surface area (Å²) in [6.07, 6.45) is 11.5. The molecule has 0 saturated heterocycles. The summed E-state index contributed by atoms with van der Waals surface area (Å²) >= 11 is 0. The molecule has 0 radical (unpaired) electrons. The predicted molar refractivity (Wildman–Crippen MR) is 125 cm³/mol. The molecule has 0 heterocycles. The molecule has 0 aromatic carbocycles. The molecule has 2 nitrogen and oxygen atoms in total. The molecule has 4 rings (SSSR count). The predicted octanol–water partition coefficient (Wildman–Crippen LogP) is 6.61. The Hall–Kier alpha value is -0.340. The number of fused-ring (bicyclic) bond motifs is 5. The Kier molecular flexibility index (Phi) is 6.26. The molecule has 30 heavy (non-hydrogen) atoms. The van der Waals surface area contributed by atoms with Crippen molar-refractivity contribution in [3.8, 4) is 0 Å². The lowest BCUT2D eigenvalue weighted by Gasteiger charge is -2.64. The third kappa shape index (κ3) is 3.43. The summed E-state index contributed by atoms with van der Waals surface area (Å²) in [7, 11) is 0. The Morgan fingerprint density at radius 2 is 1.67 bits per heavy atom. The summed E-state index contributed by atoms with van der Waals surface area (Å²) in [6.45, 7) is 16.2. The van der Waals surface area contributed by atoms with E-state index in [1.807, 2.05) is 0 Å². The van der Waals surface area contributed by atoms with Crippen molar-refractivity contribution >= 4 is 0 Å². The summed E-state index contributed by atoms with van der Waals surface area (Å²) in [5, 5.41) is 22.2. The van der Waals surface area contributed by atoms with Crippen molar-refractivity contribution in [2.75, 3.05) is 0 Å². The molecule has 4 aliphatic rings. The van der Waals surface area contributed by atoms with E-state index < -0.39 is 0 Å². The standard InChI is InChI=1S/C28H48O2/c1-7-20-24-16-19(29)12-14-28(24,6)23-13-15-27(5)21(18(4)9-8-17(2)3)10-11-22(27)25(23)26(20)30/h18-26,29-30H,2,7-16H2,1,3-6H3/t18-,19-,20-,21?,22+,23+,24?,25?,26-,27?,28?/m1/s1. The van der Waals surface area contributed by atoms with E-state index in [9.17, 15) is 10.2 Å². The molecule has 0 amide bonds. The largest absolute Gasteiger partial charge is 0.393 e. The van der Waals surface area contributed by atoms with E-state index in [2.05, 4.69) is 41.2 Å². The maximum atomic E-state index is 11.8. The van der Waals surface area contributed by atoms with Crippen LogP contribution < -0.4 is 0 Å². The molecule has 0 bridgehead atoms. The first kappa shape index (κ1) is 22.8. The quantitative estimate of drug-likeness (QED) is 0.495. The Morgan fingerprint density at radius 3 is 2.33 bits per heavy atom. The molecule has 0 spiro atoms. The van der Waals surface area contributed by atoms with E-state index in [0.29, 0.717) is 40.4 Å². The fourth-order valence-corrected chi connectivity index (χ4v) is 9.61. The van der Waals surface area contributed by atoms with Gasteiger partial charge in [-0.1, -0.05) is 39.7 Å². The number of rotatable bonds is 5. The maximum absolute atomic E-state index is 11.8. The Morgan fingerprint density at radius 1 is 1.00 bits per heavy atom. The second-order valence-electron chi connectivity index (χ2n) is 12.6. The molecule has 0 aliphatic heterocycles. The Labute approximate surface area is 185 Å². The number of allylic oxidation sites excluding steroid dienone is 1. The molecule has 4 aliphatic carbocycles. The van der Waals surface area contributed by atoms with Crippen molar-refractivity contribution < 1.29 is 10.2 Å². The van der Waals surface area contributed by atoms with Crippen LogP contribution in [0.3, 0.4) is 0 Å². The fourth-order valence-electron chi connectivity index (χ4n) is 9.61. The summed E-state index contributed by atoms with van der Waals surface area (Å²) in [6, 6.07) is 0. The summed E-state index contributed by atoms with van der Waals surface area (Å²) in [4.78, 5) is 0. The van der Waals surface area contributed by atoms with Crippen LogP contribution in [-0.2, 0) is 0 Å². The van der Waals surface area contributed by atoms with Gasteiger partial charge in [0.2, 0.25) is 0 Å².